The summed E-state index contributed by atoms with van der Waals surface area (Å²) in [4.78, 5) is 12.6. The van der Waals surface area contributed by atoms with Crippen molar-refractivity contribution in [3.8, 4) is 0 Å². The van der Waals surface area contributed by atoms with E-state index >= 15 is 0 Å². The Morgan fingerprint density at radius 1 is 1.35 bits per heavy atom. The largest absolute Gasteiger partial charge is 0.381 e. The summed E-state index contributed by atoms with van der Waals surface area (Å²) in [5.41, 5.74) is -0.0163. The number of ketones is 1. The molecule has 0 heterocycles. The second-order valence-corrected chi connectivity index (χ2v) is 6.95. The van der Waals surface area contributed by atoms with Crippen molar-refractivity contribution < 1.29 is 9.53 Å². The quantitative estimate of drug-likeness (QED) is 0.737. The van der Waals surface area contributed by atoms with Crippen molar-refractivity contribution in [3.05, 3.63) is 0 Å². The maximum atomic E-state index is 12.6. The van der Waals surface area contributed by atoms with Gasteiger partial charge in [0.1, 0.15) is 5.78 Å². The first-order valence-electron chi connectivity index (χ1n) is 7.08. The monoisotopic (exact) mass is 236 g/mol. The molecule has 2 nitrogen and oxygen atoms in total. The van der Waals surface area contributed by atoms with Crippen molar-refractivity contribution in [1.82, 2.24) is 0 Å². The highest BCUT2D eigenvalue weighted by atomic mass is 16.5. The van der Waals surface area contributed by atoms with E-state index < -0.39 is 0 Å². The molecular formula is C15H24O2. The van der Waals surface area contributed by atoms with E-state index in [-0.39, 0.29) is 17.4 Å². The summed E-state index contributed by atoms with van der Waals surface area (Å²) in [5.74, 6) is 3.45. The summed E-state index contributed by atoms with van der Waals surface area (Å²) in [6, 6.07) is 0. The topological polar surface area (TPSA) is 26.3 Å². The van der Waals surface area contributed by atoms with Gasteiger partial charge < -0.3 is 4.74 Å². The predicted molar refractivity (Wildman–Crippen MR) is 66.6 cm³/mol. The van der Waals surface area contributed by atoms with Crippen LogP contribution in [-0.4, -0.2) is 19.0 Å². The second-order valence-electron chi connectivity index (χ2n) is 6.95. The minimum Gasteiger partial charge on any atom is -0.381 e. The van der Waals surface area contributed by atoms with Gasteiger partial charge in [0.25, 0.3) is 0 Å². The van der Waals surface area contributed by atoms with E-state index in [1.165, 1.54) is 6.42 Å². The van der Waals surface area contributed by atoms with Crippen LogP contribution < -0.4 is 0 Å². The van der Waals surface area contributed by atoms with Crippen molar-refractivity contribution in [1.29, 1.82) is 0 Å². The molecule has 0 N–H and O–H groups in total. The highest BCUT2D eigenvalue weighted by Gasteiger charge is 2.68. The minimum atomic E-state index is -0.0163. The number of rotatable bonds is 2. The van der Waals surface area contributed by atoms with Crippen LogP contribution in [0.15, 0.2) is 0 Å². The summed E-state index contributed by atoms with van der Waals surface area (Å²) in [5, 5.41) is 0. The molecule has 3 unspecified atom stereocenters. The average molecular weight is 236 g/mol. The van der Waals surface area contributed by atoms with Crippen LogP contribution >= 0.6 is 0 Å². The Morgan fingerprint density at radius 3 is 2.65 bits per heavy atom. The third-order valence-corrected chi connectivity index (χ3v) is 6.04. The smallest absolute Gasteiger partial charge is 0.145 e. The van der Waals surface area contributed by atoms with Crippen molar-refractivity contribution in [2.45, 2.75) is 46.1 Å². The molecule has 2 heteroatoms. The van der Waals surface area contributed by atoms with Gasteiger partial charge in [0.05, 0.1) is 6.10 Å². The highest BCUT2D eigenvalue weighted by Crippen LogP contribution is 2.67. The number of ether oxygens (including phenoxy) is 1. The average Bonchev–Trinajstić information content (AvgIpc) is 2.68. The third-order valence-electron chi connectivity index (χ3n) is 6.04. The van der Waals surface area contributed by atoms with E-state index in [0.29, 0.717) is 23.5 Å². The number of Topliss-reactive ketones (excluding diaryl/α,β-unsaturated/α-hetero) is 1. The maximum Gasteiger partial charge on any atom is 0.145 e. The number of hydrogen-bond donors (Lipinski definition) is 0. The Balaban J connectivity index is 2.00. The Kier molecular flexibility index (Phi) is 2.46. The zero-order chi connectivity index (χ0) is 12.4. The molecule has 3 fully saturated rings. The Hall–Kier alpha value is -0.370. The van der Waals surface area contributed by atoms with Crippen LogP contribution in [0.4, 0.5) is 0 Å². The number of carbonyl (C=O) groups is 1. The number of methoxy groups -OCH3 is 1. The van der Waals surface area contributed by atoms with E-state index in [4.69, 9.17) is 4.74 Å². The molecule has 0 aromatic heterocycles. The fraction of sp³-hybridized carbons (Fsp3) is 0.933. The van der Waals surface area contributed by atoms with E-state index in [9.17, 15) is 4.79 Å². The molecule has 0 aromatic rings. The van der Waals surface area contributed by atoms with E-state index in [1.54, 1.807) is 7.11 Å². The van der Waals surface area contributed by atoms with Gasteiger partial charge in [-0.25, -0.2) is 0 Å². The maximum absolute atomic E-state index is 12.6. The molecule has 0 spiro atoms. The lowest BCUT2D eigenvalue weighted by molar-refractivity contribution is -0.136. The molecule has 3 aliphatic carbocycles. The predicted octanol–water partition coefficient (Wildman–Crippen LogP) is 2.91. The van der Waals surface area contributed by atoms with Gasteiger partial charge in [0.2, 0.25) is 0 Å². The molecule has 0 amide bonds. The molecule has 6 atom stereocenters. The van der Waals surface area contributed by atoms with Gasteiger partial charge in [0.15, 0.2) is 0 Å². The van der Waals surface area contributed by atoms with Crippen molar-refractivity contribution in [3.63, 3.8) is 0 Å². The van der Waals surface area contributed by atoms with Crippen LogP contribution in [0.25, 0.3) is 0 Å². The SMILES string of the molecule is COC1CCC2[C@H]3C1C(=O)[C@]2(C)C[C@H]3C(C)C. The van der Waals surface area contributed by atoms with Crippen LogP contribution in [0.3, 0.4) is 0 Å². The van der Waals surface area contributed by atoms with Crippen LogP contribution in [0.5, 0.6) is 0 Å². The van der Waals surface area contributed by atoms with Crippen LogP contribution in [0, 0.1) is 35.0 Å². The fourth-order valence-corrected chi connectivity index (χ4v) is 5.25. The summed E-state index contributed by atoms with van der Waals surface area (Å²) >= 11 is 0. The molecule has 3 aliphatic rings. The third kappa shape index (κ3) is 1.28. The standard InChI is InChI=1S/C15H24O2/c1-8(2)9-7-15(3)10-5-6-11(17-4)13(12(9)10)14(15)16/h8-13H,5-7H2,1-4H3/t9-,10?,11?,12-,13?,15+/m0/s1. The second kappa shape index (κ2) is 3.57. The van der Waals surface area contributed by atoms with Crippen molar-refractivity contribution >= 4 is 5.78 Å². The van der Waals surface area contributed by atoms with Crippen LogP contribution in [-0.2, 0) is 9.53 Å². The van der Waals surface area contributed by atoms with Gasteiger partial charge in [-0.3, -0.25) is 4.79 Å². The van der Waals surface area contributed by atoms with Gasteiger partial charge in [-0.2, -0.15) is 0 Å². The molecule has 0 radical (unpaired) electrons. The first-order valence-corrected chi connectivity index (χ1v) is 7.08. The van der Waals surface area contributed by atoms with Gasteiger partial charge in [-0.1, -0.05) is 20.8 Å². The van der Waals surface area contributed by atoms with Crippen LogP contribution in [0.2, 0.25) is 0 Å². The normalized spacial score (nSPS) is 52.5. The molecular weight excluding hydrogens is 212 g/mol. The van der Waals surface area contributed by atoms with Crippen molar-refractivity contribution in [2.75, 3.05) is 7.11 Å². The minimum absolute atomic E-state index is 0.0163. The van der Waals surface area contributed by atoms with E-state index in [1.807, 2.05) is 0 Å². The summed E-state index contributed by atoms with van der Waals surface area (Å²) in [6.45, 7) is 6.86. The Morgan fingerprint density at radius 2 is 2.06 bits per heavy atom. The lowest BCUT2D eigenvalue weighted by Crippen LogP contribution is -2.42. The first-order chi connectivity index (χ1) is 8.00. The molecule has 0 aliphatic heterocycles. The molecule has 0 saturated heterocycles. The fourth-order valence-electron chi connectivity index (χ4n) is 5.25. The molecule has 4 bridgehead atoms. The zero-order valence-electron chi connectivity index (χ0n) is 11.4. The molecule has 96 valence electrons. The first kappa shape index (κ1) is 11.7. The molecule has 0 aromatic carbocycles. The van der Waals surface area contributed by atoms with E-state index in [0.717, 1.165) is 18.8 Å². The van der Waals surface area contributed by atoms with E-state index in [2.05, 4.69) is 20.8 Å². The van der Waals surface area contributed by atoms with Gasteiger partial charge in [-0.15, -0.1) is 0 Å². The molecule has 17 heavy (non-hydrogen) atoms. The molecule has 3 rings (SSSR count). The lowest BCUT2D eigenvalue weighted by atomic mass is 9.68. The summed E-state index contributed by atoms with van der Waals surface area (Å²) < 4.78 is 5.60. The zero-order valence-corrected chi connectivity index (χ0v) is 11.4. The number of carbonyl (C=O) groups excluding carboxylic acids is 1. The van der Waals surface area contributed by atoms with Crippen molar-refractivity contribution in [2.24, 2.45) is 35.0 Å². The highest BCUT2D eigenvalue weighted by molar-refractivity contribution is 5.92. The van der Waals surface area contributed by atoms with Crippen LogP contribution in [0.1, 0.15) is 40.0 Å². The Labute approximate surface area is 104 Å². The number of hydrogen-bond acceptors (Lipinski definition) is 2. The van der Waals surface area contributed by atoms with Gasteiger partial charge >= 0.3 is 0 Å². The lowest BCUT2D eigenvalue weighted by Gasteiger charge is -2.38. The van der Waals surface area contributed by atoms with Gasteiger partial charge in [-0.05, 0) is 42.9 Å². The Bertz CT molecular complexity index is 349. The van der Waals surface area contributed by atoms with Gasteiger partial charge in [0, 0.05) is 18.4 Å². The molecule has 3 saturated carbocycles. The summed E-state index contributed by atoms with van der Waals surface area (Å²) in [7, 11) is 1.77. The summed E-state index contributed by atoms with van der Waals surface area (Å²) in [6.07, 6.45) is 3.62.